The molecule has 0 saturated heterocycles. The van der Waals surface area contributed by atoms with Crippen molar-refractivity contribution in [3.05, 3.63) is 223 Å². The van der Waals surface area contributed by atoms with E-state index in [0.29, 0.717) is 0 Å². The van der Waals surface area contributed by atoms with Crippen LogP contribution in [0.5, 0.6) is 0 Å². The van der Waals surface area contributed by atoms with Crippen LogP contribution in [0.25, 0.3) is 55.6 Å². The lowest BCUT2D eigenvalue weighted by molar-refractivity contribution is 0.332. The topological polar surface area (TPSA) is 15.3 Å². The molecule has 0 bridgehead atoms. The highest BCUT2D eigenvalue weighted by Gasteiger charge is 2.39. The van der Waals surface area contributed by atoms with Crippen molar-refractivity contribution in [1.82, 2.24) is 0 Å². The van der Waals surface area contributed by atoms with Crippen molar-refractivity contribution in [2.24, 2.45) is 0 Å². The number of benzene rings is 9. The Balaban J connectivity index is 1.17. The first-order valence-electron chi connectivity index (χ1n) is 23.5. The number of hydrogen-bond acceptors (Lipinski definition) is 2. The lowest BCUT2D eigenvalue weighted by atomic mass is 9.57. The smallest absolute Gasteiger partial charge is 0.197 e. The molecule has 1 heterocycles. The van der Waals surface area contributed by atoms with E-state index in [0.717, 1.165) is 28.9 Å². The molecule has 1 N–H and O–H groups in total. The first kappa shape index (κ1) is 41.4. The van der Waals surface area contributed by atoms with Gasteiger partial charge in [0.15, 0.2) is 7.28 Å². The summed E-state index contributed by atoms with van der Waals surface area (Å²) in [6.07, 6.45) is 2.33. The van der Waals surface area contributed by atoms with Gasteiger partial charge < -0.3 is 10.2 Å². The van der Waals surface area contributed by atoms with Crippen LogP contribution in [0.3, 0.4) is 0 Å². The molecule has 2 nitrogen and oxygen atoms in total. The van der Waals surface area contributed by atoms with Crippen LogP contribution >= 0.6 is 0 Å². The summed E-state index contributed by atoms with van der Waals surface area (Å²) in [6.45, 7) is 12.0. The Kier molecular flexibility index (Phi) is 10.4. The molecule has 0 saturated carbocycles. The van der Waals surface area contributed by atoms with E-state index in [1.54, 1.807) is 0 Å². The van der Waals surface area contributed by atoms with Crippen LogP contribution in [0.1, 0.15) is 57.2 Å². The number of anilines is 5. The molecule has 1 aliphatic carbocycles. The summed E-state index contributed by atoms with van der Waals surface area (Å²) in [5, 5.41) is 3.98. The predicted octanol–water partition coefficient (Wildman–Crippen LogP) is 15.9. The van der Waals surface area contributed by atoms with E-state index in [2.05, 4.69) is 258 Å². The number of fused-ring (bicyclic) bond motifs is 3. The van der Waals surface area contributed by atoms with E-state index >= 15 is 0 Å². The van der Waals surface area contributed by atoms with Gasteiger partial charge in [-0.3, -0.25) is 0 Å². The third-order valence-corrected chi connectivity index (χ3v) is 14.3. The molecule has 0 fully saturated rings. The summed E-state index contributed by atoms with van der Waals surface area (Å²) >= 11 is 0. The molecule has 0 spiro atoms. The van der Waals surface area contributed by atoms with Crippen LogP contribution in [0, 0.1) is 6.92 Å². The maximum atomic E-state index is 3.98. The standard InChI is InChI=1S/C63H54BN2/c1-42-35-54-55(63(4,5)34-33-62(54,2)3)41-59(42)66-58-32-30-48(44-21-12-7-13-22-44)38-56(58)64-61-53(37-50(40-60(61)66)46-25-16-9-17-26-46)52-31-29-49(45-23-14-8-15-24-45)39-57(52)65-51-28-18-27-47(36-51)43-19-10-6-11-20-43/h6-32,35-41,65H,33-34H2,1-5H3. The maximum Gasteiger partial charge on any atom is 0.197 e. The van der Waals surface area contributed by atoms with Crippen LogP contribution in [-0.4, -0.2) is 7.28 Å². The van der Waals surface area contributed by atoms with Crippen molar-refractivity contribution < 1.29 is 0 Å². The molecular weight excluding hydrogens is 796 g/mol. The molecule has 66 heavy (non-hydrogen) atoms. The lowest BCUT2D eigenvalue weighted by Gasteiger charge is -2.44. The average molecular weight is 850 g/mol. The van der Waals surface area contributed by atoms with Crippen LogP contribution < -0.4 is 21.1 Å². The van der Waals surface area contributed by atoms with Crippen molar-refractivity contribution in [2.45, 2.75) is 58.3 Å². The number of aryl methyl sites for hydroxylation is 1. The molecule has 11 rings (SSSR count). The van der Waals surface area contributed by atoms with Gasteiger partial charge >= 0.3 is 0 Å². The largest absolute Gasteiger partial charge is 0.355 e. The third kappa shape index (κ3) is 7.63. The van der Waals surface area contributed by atoms with Crippen molar-refractivity contribution in [3.63, 3.8) is 0 Å². The number of nitrogens with one attached hydrogen (secondary N) is 1. The van der Waals surface area contributed by atoms with E-state index < -0.39 is 0 Å². The van der Waals surface area contributed by atoms with Crippen LogP contribution in [0.4, 0.5) is 28.4 Å². The number of nitrogens with zero attached hydrogens (tertiary/aromatic N) is 1. The fourth-order valence-corrected chi connectivity index (χ4v) is 10.4. The van der Waals surface area contributed by atoms with Gasteiger partial charge in [0.05, 0.1) is 0 Å². The Bertz CT molecular complexity index is 3240. The van der Waals surface area contributed by atoms with Crippen molar-refractivity contribution in [1.29, 1.82) is 0 Å². The third-order valence-electron chi connectivity index (χ3n) is 14.3. The van der Waals surface area contributed by atoms with Crippen molar-refractivity contribution in [2.75, 3.05) is 10.2 Å². The summed E-state index contributed by atoms with van der Waals surface area (Å²) in [5.41, 5.74) is 24.2. The fourth-order valence-electron chi connectivity index (χ4n) is 10.4. The summed E-state index contributed by atoms with van der Waals surface area (Å²) in [6, 6.07) is 75.7. The molecule has 0 atom stereocenters. The Morgan fingerprint density at radius 3 is 1.53 bits per heavy atom. The molecule has 2 aliphatic rings. The SMILES string of the molecule is Cc1cc2c(cc1N1c3ccc(-c4ccccc4)cc3[B]c3c(-c4ccc(-c5ccccc5)cc4Nc4cccc(-c5ccccc5)c4)cc(-c4ccccc4)cc31)C(C)(C)CCC2(C)C. The van der Waals surface area contributed by atoms with Gasteiger partial charge in [0, 0.05) is 34.0 Å². The minimum atomic E-state index is 0.0496. The molecule has 3 heteroatoms. The van der Waals surface area contributed by atoms with E-state index in [9.17, 15) is 0 Å². The van der Waals surface area contributed by atoms with Gasteiger partial charge in [-0.05, 0) is 145 Å². The summed E-state index contributed by atoms with van der Waals surface area (Å²) in [4.78, 5) is 2.58. The molecule has 319 valence electrons. The minimum Gasteiger partial charge on any atom is -0.355 e. The van der Waals surface area contributed by atoms with Gasteiger partial charge in [-0.1, -0.05) is 197 Å². The van der Waals surface area contributed by atoms with Crippen LogP contribution in [0.15, 0.2) is 206 Å². The molecule has 9 aromatic rings. The molecule has 0 amide bonds. The Hall–Kier alpha value is -7.36. The van der Waals surface area contributed by atoms with Crippen molar-refractivity contribution in [3.8, 4) is 55.6 Å². The number of hydrogen-bond donors (Lipinski definition) is 1. The highest BCUT2D eigenvalue weighted by Crippen LogP contribution is 2.50. The Morgan fingerprint density at radius 1 is 0.409 bits per heavy atom. The zero-order valence-electron chi connectivity index (χ0n) is 38.6. The van der Waals surface area contributed by atoms with E-state index in [1.807, 2.05) is 0 Å². The van der Waals surface area contributed by atoms with Gasteiger partial charge in [-0.25, -0.2) is 0 Å². The van der Waals surface area contributed by atoms with Gasteiger partial charge in [0.1, 0.15) is 0 Å². The highest BCUT2D eigenvalue weighted by atomic mass is 15.2. The fraction of sp³-hybridized carbons (Fsp3) is 0.143. The van der Waals surface area contributed by atoms with E-state index in [4.69, 9.17) is 0 Å². The molecular formula is C63H54BN2. The second-order valence-electron chi connectivity index (χ2n) is 19.6. The van der Waals surface area contributed by atoms with E-state index in [1.165, 1.54) is 95.6 Å². The second kappa shape index (κ2) is 16.6. The maximum absolute atomic E-state index is 3.98. The van der Waals surface area contributed by atoms with Gasteiger partial charge in [-0.15, -0.1) is 0 Å². The summed E-state index contributed by atoms with van der Waals surface area (Å²) in [7, 11) is 2.45. The summed E-state index contributed by atoms with van der Waals surface area (Å²) < 4.78 is 0. The van der Waals surface area contributed by atoms with Crippen LogP contribution in [0.2, 0.25) is 0 Å². The normalized spacial score (nSPS) is 14.3. The van der Waals surface area contributed by atoms with Crippen LogP contribution in [-0.2, 0) is 10.8 Å². The average Bonchev–Trinajstić information content (AvgIpc) is 3.35. The van der Waals surface area contributed by atoms with Crippen molar-refractivity contribution >= 4 is 46.6 Å². The highest BCUT2D eigenvalue weighted by molar-refractivity contribution is 6.73. The van der Waals surface area contributed by atoms with E-state index in [-0.39, 0.29) is 10.8 Å². The zero-order valence-corrected chi connectivity index (χ0v) is 38.6. The number of rotatable bonds is 8. The monoisotopic (exact) mass is 849 g/mol. The van der Waals surface area contributed by atoms with Gasteiger partial charge in [-0.2, -0.15) is 0 Å². The van der Waals surface area contributed by atoms with Gasteiger partial charge in [0.25, 0.3) is 0 Å². The Labute approximate surface area is 391 Å². The quantitative estimate of drug-likeness (QED) is 0.153. The zero-order chi connectivity index (χ0) is 45.0. The summed E-state index contributed by atoms with van der Waals surface area (Å²) in [5.74, 6) is 0. The Morgan fingerprint density at radius 2 is 0.924 bits per heavy atom. The predicted molar refractivity (Wildman–Crippen MR) is 283 cm³/mol. The molecule has 1 radical (unpaired) electrons. The lowest BCUT2D eigenvalue weighted by Crippen LogP contribution is -2.41. The first-order valence-corrected chi connectivity index (χ1v) is 23.5. The minimum absolute atomic E-state index is 0.0496. The van der Waals surface area contributed by atoms with Gasteiger partial charge in [0.2, 0.25) is 0 Å². The molecule has 0 aromatic heterocycles. The molecule has 0 unspecified atom stereocenters. The first-order chi connectivity index (χ1) is 32.1. The molecule has 9 aromatic carbocycles. The molecule has 1 aliphatic heterocycles. The second-order valence-corrected chi connectivity index (χ2v) is 19.6.